The van der Waals surface area contributed by atoms with Crippen LogP contribution in [0.25, 0.3) is 0 Å². The minimum Gasteiger partial charge on any atom is -0.307 e. The molecule has 4 aliphatic rings. The van der Waals surface area contributed by atoms with E-state index in [1.54, 1.807) is 0 Å². The fraction of sp³-hybridized carbons (Fsp3) is 0.667. The first kappa shape index (κ1) is 13.3. The van der Waals surface area contributed by atoms with Crippen LogP contribution in [0.5, 0.6) is 0 Å². The van der Waals surface area contributed by atoms with Gasteiger partial charge in [0.1, 0.15) is 0 Å². The third-order valence-electron chi connectivity index (χ3n) is 5.94. The van der Waals surface area contributed by atoms with Crippen LogP contribution in [0.2, 0.25) is 0 Å². The summed E-state index contributed by atoms with van der Waals surface area (Å²) in [7, 11) is 0. The SMILES string of the molecule is Cc1ccc(CNC23CC4CC(CC(C4)C2)C3)cc1Br. The molecule has 0 unspecified atom stereocenters. The van der Waals surface area contributed by atoms with Gasteiger partial charge in [-0.15, -0.1) is 0 Å². The highest BCUT2D eigenvalue weighted by atomic mass is 79.9. The van der Waals surface area contributed by atoms with Crippen molar-refractivity contribution in [3.63, 3.8) is 0 Å². The van der Waals surface area contributed by atoms with Crippen molar-refractivity contribution in [2.75, 3.05) is 0 Å². The van der Waals surface area contributed by atoms with Crippen molar-refractivity contribution in [1.29, 1.82) is 0 Å². The van der Waals surface area contributed by atoms with Gasteiger partial charge in [0.2, 0.25) is 0 Å². The molecule has 4 aliphatic carbocycles. The molecule has 20 heavy (non-hydrogen) atoms. The monoisotopic (exact) mass is 333 g/mol. The van der Waals surface area contributed by atoms with Gasteiger partial charge in [0.15, 0.2) is 0 Å². The summed E-state index contributed by atoms with van der Waals surface area (Å²) < 4.78 is 1.24. The molecule has 5 rings (SSSR count). The molecule has 0 amide bonds. The van der Waals surface area contributed by atoms with Crippen LogP contribution in [0.15, 0.2) is 22.7 Å². The Hall–Kier alpha value is -0.340. The summed E-state index contributed by atoms with van der Waals surface area (Å²) in [5.74, 6) is 3.08. The van der Waals surface area contributed by atoms with Gasteiger partial charge in [0.05, 0.1) is 0 Å². The number of hydrogen-bond acceptors (Lipinski definition) is 1. The lowest BCUT2D eigenvalue weighted by Crippen LogP contribution is -2.58. The van der Waals surface area contributed by atoms with Gasteiger partial charge in [0.25, 0.3) is 0 Å². The molecule has 0 radical (unpaired) electrons. The van der Waals surface area contributed by atoms with Gasteiger partial charge in [-0.2, -0.15) is 0 Å². The van der Waals surface area contributed by atoms with Gasteiger partial charge < -0.3 is 5.32 Å². The summed E-state index contributed by atoms with van der Waals surface area (Å²) in [4.78, 5) is 0. The molecule has 0 spiro atoms. The van der Waals surface area contributed by atoms with Crippen LogP contribution in [0.3, 0.4) is 0 Å². The molecule has 1 aromatic carbocycles. The molecule has 108 valence electrons. The Balaban J connectivity index is 1.47. The number of halogens is 1. The van der Waals surface area contributed by atoms with Gasteiger partial charge in [-0.05, 0) is 80.4 Å². The van der Waals surface area contributed by atoms with E-state index in [0.717, 1.165) is 24.3 Å². The first-order chi connectivity index (χ1) is 9.62. The second-order valence-corrected chi connectivity index (χ2v) is 8.49. The zero-order valence-corrected chi connectivity index (χ0v) is 13.9. The molecular weight excluding hydrogens is 310 g/mol. The Morgan fingerprint density at radius 2 is 1.70 bits per heavy atom. The highest BCUT2D eigenvalue weighted by Gasteiger charge is 2.50. The van der Waals surface area contributed by atoms with Crippen molar-refractivity contribution in [2.45, 2.75) is 57.5 Å². The molecule has 4 fully saturated rings. The Morgan fingerprint density at radius 3 is 2.25 bits per heavy atom. The molecule has 1 nitrogen and oxygen atoms in total. The molecule has 0 saturated heterocycles. The first-order valence-electron chi connectivity index (χ1n) is 8.12. The van der Waals surface area contributed by atoms with Gasteiger partial charge >= 0.3 is 0 Å². The lowest BCUT2D eigenvalue weighted by Gasteiger charge is -2.57. The van der Waals surface area contributed by atoms with E-state index in [4.69, 9.17) is 0 Å². The highest BCUT2D eigenvalue weighted by Crippen LogP contribution is 2.55. The second kappa shape index (κ2) is 4.84. The Morgan fingerprint density at radius 1 is 1.10 bits per heavy atom. The summed E-state index contributed by atoms with van der Waals surface area (Å²) >= 11 is 3.65. The second-order valence-electron chi connectivity index (χ2n) is 7.63. The number of nitrogens with one attached hydrogen (secondary N) is 1. The third-order valence-corrected chi connectivity index (χ3v) is 6.80. The summed E-state index contributed by atoms with van der Waals surface area (Å²) in [5.41, 5.74) is 3.22. The van der Waals surface area contributed by atoms with Crippen LogP contribution >= 0.6 is 15.9 Å². The molecule has 0 heterocycles. The van der Waals surface area contributed by atoms with E-state index in [1.165, 1.54) is 54.1 Å². The molecule has 0 aliphatic heterocycles. The van der Waals surface area contributed by atoms with Crippen molar-refractivity contribution < 1.29 is 0 Å². The van der Waals surface area contributed by atoms with E-state index in [9.17, 15) is 0 Å². The topological polar surface area (TPSA) is 12.0 Å². The van der Waals surface area contributed by atoms with Crippen LogP contribution in [0.4, 0.5) is 0 Å². The summed E-state index contributed by atoms with van der Waals surface area (Å²) in [6.07, 6.45) is 8.88. The van der Waals surface area contributed by atoms with E-state index in [0.29, 0.717) is 5.54 Å². The largest absolute Gasteiger partial charge is 0.307 e. The summed E-state index contributed by atoms with van der Waals surface area (Å²) in [6, 6.07) is 6.78. The molecule has 2 heteroatoms. The fourth-order valence-corrected chi connectivity index (χ4v) is 5.79. The first-order valence-corrected chi connectivity index (χ1v) is 8.91. The molecule has 1 aromatic rings. The Kier molecular flexibility index (Phi) is 3.23. The highest BCUT2D eigenvalue weighted by molar-refractivity contribution is 9.10. The maximum atomic E-state index is 3.97. The Labute approximate surface area is 130 Å². The van der Waals surface area contributed by atoms with Crippen molar-refractivity contribution in [2.24, 2.45) is 17.8 Å². The normalized spacial score (nSPS) is 38.4. The molecular formula is C18H24BrN. The van der Waals surface area contributed by atoms with Crippen LogP contribution in [-0.2, 0) is 6.54 Å². The average Bonchev–Trinajstić information content (AvgIpc) is 2.39. The van der Waals surface area contributed by atoms with Crippen molar-refractivity contribution >= 4 is 15.9 Å². The van der Waals surface area contributed by atoms with Gasteiger partial charge in [-0.1, -0.05) is 28.1 Å². The lowest BCUT2D eigenvalue weighted by atomic mass is 9.53. The summed E-state index contributed by atoms with van der Waals surface area (Å²) in [6.45, 7) is 3.19. The van der Waals surface area contributed by atoms with E-state index < -0.39 is 0 Å². The standard InChI is InChI=1S/C18H24BrN/c1-12-2-3-13(7-17(12)19)11-20-18-8-14-4-15(9-18)6-16(5-14)10-18/h2-3,7,14-16,20H,4-6,8-11H2,1H3. The minimum absolute atomic E-state index is 0.478. The van der Waals surface area contributed by atoms with Crippen molar-refractivity contribution in [3.05, 3.63) is 33.8 Å². The summed E-state index contributed by atoms with van der Waals surface area (Å²) in [5, 5.41) is 3.97. The maximum absolute atomic E-state index is 3.97. The number of hydrogen-bond donors (Lipinski definition) is 1. The molecule has 1 N–H and O–H groups in total. The zero-order valence-electron chi connectivity index (χ0n) is 12.3. The average molecular weight is 334 g/mol. The third kappa shape index (κ3) is 2.35. The van der Waals surface area contributed by atoms with Crippen LogP contribution < -0.4 is 5.32 Å². The van der Waals surface area contributed by atoms with Crippen LogP contribution in [0, 0.1) is 24.7 Å². The predicted molar refractivity (Wildman–Crippen MR) is 86.6 cm³/mol. The maximum Gasteiger partial charge on any atom is 0.0211 e. The van der Waals surface area contributed by atoms with Crippen molar-refractivity contribution in [3.8, 4) is 0 Å². The van der Waals surface area contributed by atoms with E-state index in [2.05, 4.69) is 46.4 Å². The lowest BCUT2D eigenvalue weighted by molar-refractivity contribution is -0.0206. The van der Waals surface area contributed by atoms with E-state index in [-0.39, 0.29) is 0 Å². The quantitative estimate of drug-likeness (QED) is 0.836. The van der Waals surface area contributed by atoms with E-state index in [1.807, 2.05) is 0 Å². The number of rotatable bonds is 3. The fourth-order valence-electron chi connectivity index (χ4n) is 5.36. The smallest absolute Gasteiger partial charge is 0.0211 e. The zero-order chi connectivity index (χ0) is 13.7. The number of aryl methyl sites for hydroxylation is 1. The molecule has 4 bridgehead atoms. The molecule has 0 atom stereocenters. The van der Waals surface area contributed by atoms with Gasteiger partial charge in [-0.25, -0.2) is 0 Å². The number of benzene rings is 1. The predicted octanol–water partition coefficient (Wildman–Crippen LogP) is 4.82. The Bertz CT molecular complexity index is 487. The molecule has 0 aromatic heterocycles. The van der Waals surface area contributed by atoms with Crippen LogP contribution in [0.1, 0.15) is 49.7 Å². The minimum atomic E-state index is 0.478. The van der Waals surface area contributed by atoms with Gasteiger partial charge in [-0.3, -0.25) is 0 Å². The van der Waals surface area contributed by atoms with Crippen LogP contribution in [-0.4, -0.2) is 5.54 Å². The van der Waals surface area contributed by atoms with E-state index >= 15 is 0 Å². The molecule has 4 saturated carbocycles. The van der Waals surface area contributed by atoms with Gasteiger partial charge in [0, 0.05) is 16.6 Å². The van der Waals surface area contributed by atoms with Crippen molar-refractivity contribution in [1.82, 2.24) is 5.32 Å².